The Bertz CT molecular complexity index is 833. The summed E-state index contributed by atoms with van der Waals surface area (Å²) < 4.78 is 5.63. The number of rotatable bonds is 3. The Morgan fingerprint density at radius 2 is 1.67 bits per heavy atom. The van der Waals surface area contributed by atoms with Crippen molar-refractivity contribution in [2.75, 3.05) is 13.2 Å². The number of aliphatic carboxylic acids is 1. The number of carbonyl (C=O) groups is 2. The number of nitrogens with zero attached hydrogens (tertiary/aromatic N) is 1. The van der Waals surface area contributed by atoms with Crippen LogP contribution in [0.5, 0.6) is 0 Å². The Labute approximate surface area is 158 Å². The van der Waals surface area contributed by atoms with Crippen LogP contribution in [0.2, 0.25) is 0 Å². The fraction of sp³-hybridized carbons (Fsp3) is 0.364. The molecule has 2 aromatic carbocycles. The fourth-order valence-corrected chi connectivity index (χ4v) is 4.45. The third-order valence-electron chi connectivity index (χ3n) is 5.76. The van der Waals surface area contributed by atoms with Gasteiger partial charge in [-0.25, -0.2) is 9.59 Å². The van der Waals surface area contributed by atoms with Crippen LogP contribution in [0.1, 0.15) is 36.8 Å². The minimum atomic E-state index is -0.962. The second-order valence-electron chi connectivity index (χ2n) is 7.40. The van der Waals surface area contributed by atoms with Crippen molar-refractivity contribution in [2.45, 2.75) is 31.7 Å². The highest BCUT2D eigenvalue weighted by molar-refractivity contribution is 5.81. The molecule has 1 aliphatic heterocycles. The van der Waals surface area contributed by atoms with Crippen molar-refractivity contribution in [1.29, 1.82) is 0 Å². The van der Waals surface area contributed by atoms with Crippen LogP contribution in [-0.2, 0) is 9.53 Å². The quantitative estimate of drug-likeness (QED) is 0.888. The lowest BCUT2D eigenvalue weighted by molar-refractivity contribution is -0.146. The maximum Gasteiger partial charge on any atom is 0.410 e. The maximum absolute atomic E-state index is 12.7. The predicted molar refractivity (Wildman–Crippen MR) is 102 cm³/mol. The van der Waals surface area contributed by atoms with E-state index >= 15 is 0 Å². The van der Waals surface area contributed by atoms with Gasteiger partial charge in [0.2, 0.25) is 0 Å². The number of carboxylic acids is 1. The van der Waals surface area contributed by atoms with E-state index in [-0.39, 0.29) is 18.4 Å². The van der Waals surface area contributed by atoms with Gasteiger partial charge in [-0.15, -0.1) is 0 Å². The van der Waals surface area contributed by atoms with E-state index in [1.807, 2.05) is 31.2 Å². The maximum atomic E-state index is 12.7. The van der Waals surface area contributed by atoms with Crippen LogP contribution in [0.3, 0.4) is 0 Å². The molecular formula is C22H23NO4. The normalized spacial score (nSPS) is 21.4. The zero-order chi connectivity index (χ0) is 19.0. The summed E-state index contributed by atoms with van der Waals surface area (Å²) >= 11 is 0. The Morgan fingerprint density at radius 1 is 1.07 bits per heavy atom. The molecule has 0 aromatic heterocycles. The van der Waals surface area contributed by atoms with Gasteiger partial charge in [-0.3, -0.25) is 4.90 Å². The molecule has 140 valence electrons. The molecule has 1 amide bonds. The molecule has 0 saturated carbocycles. The zero-order valence-electron chi connectivity index (χ0n) is 15.3. The van der Waals surface area contributed by atoms with Crippen LogP contribution in [-0.4, -0.2) is 41.3 Å². The standard InChI is InChI=1S/C22H23NO4/c1-14-7-6-12-23(20(14)21(24)25)22(26)27-13-19-17-10-4-2-8-15(17)16-9-3-5-11-18(16)19/h2-5,8-11,14,19-20H,6-7,12-13H2,1H3,(H,24,25)/t14-,20+/m0/s1. The van der Waals surface area contributed by atoms with Crippen molar-refractivity contribution < 1.29 is 19.4 Å². The summed E-state index contributed by atoms with van der Waals surface area (Å²) in [7, 11) is 0. The Morgan fingerprint density at radius 3 is 2.26 bits per heavy atom. The molecule has 27 heavy (non-hydrogen) atoms. The van der Waals surface area contributed by atoms with Crippen LogP contribution < -0.4 is 0 Å². The molecule has 1 N–H and O–H groups in total. The monoisotopic (exact) mass is 365 g/mol. The third-order valence-corrected chi connectivity index (χ3v) is 5.76. The third kappa shape index (κ3) is 3.07. The van der Waals surface area contributed by atoms with Crippen LogP contribution in [0.25, 0.3) is 11.1 Å². The molecule has 2 aliphatic rings. The molecule has 4 rings (SSSR count). The highest BCUT2D eigenvalue weighted by Gasteiger charge is 2.38. The van der Waals surface area contributed by atoms with E-state index in [1.165, 1.54) is 16.0 Å². The number of hydrogen-bond acceptors (Lipinski definition) is 3. The number of amides is 1. The lowest BCUT2D eigenvalue weighted by Gasteiger charge is -2.36. The van der Waals surface area contributed by atoms with Crippen molar-refractivity contribution in [2.24, 2.45) is 5.92 Å². The highest BCUT2D eigenvalue weighted by atomic mass is 16.6. The Hall–Kier alpha value is -2.82. The largest absolute Gasteiger partial charge is 0.480 e. The molecule has 2 aromatic rings. The molecule has 0 spiro atoms. The summed E-state index contributed by atoms with van der Waals surface area (Å²) in [4.78, 5) is 25.7. The van der Waals surface area contributed by atoms with Crippen molar-refractivity contribution >= 4 is 12.1 Å². The van der Waals surface area contributed by atoms with Gasteiger partial charge in [0, 0.05) is 12.5 Å². The second-order valence-corrected chi connectivity index (χ2v) is 7.40. The summed E-state index contributed by atoms with van der Waals surface area (Å²) in [5.41, 5.74) is 4.63. The van der Waals surface area contributed by atoms with Gasteiger partial charge in [-0.1, -0.05) is 55.5 Å². The van der Waals surface area contributed by atoms with Gasteiger partial charge in [0.25, 0.3) is 0 Å². The average molecular weight is 365 g/mol. The van der Waals surface area contributed by atoms with Crippen molar-refractivity contribution in [1.82, 2.24) is 4.90 Å². The van der Waals surface area contributed by atoms with E-state index in [9.17, 15) is 14.7 Å². The zero-order valence-corrected chi connectivity index (χ0v) is 15.3. The molecular weight excluding hydrogens is 342 g/mol. The number of hydrogen-bond donors (Lipinski definition) is 1. The van der Waals surface area contributed by atoms with E-state index in [0.29, 0.717) is 6.54 Å². The van der Waals surface area contributed by atoms with Crippen LogP contribution in [0, 0.1) is 5.92 Å². The lowest BCUT2D eigenvalue weighted by atomic mass is 9.91. The van der Waals surface area contributed by atoms with E-state index < -0.39 is 18.1 Å². The number of fused-ring (bicyclic) bond motifs is 3. The summed E-state index contributed by atoms with van der Waals surface area (Å²) in [6, 6.07) is 15.5. The van der Waals surface area contributed by atoms with Crippen molar-refractivity contribution in [3.05, 3.63) is 59.7 Å². The van der Waals surface area contributed by atoms with Crippen LogP contribution in [0.15, 0.2) is 48.5 Å². The first kappa shape index (κ1) is 17.6. The summed E-state index contributed by atoms with van der Waals surface area (Å²) in [6.07, 6.45) is 1.08. The second kappa shape index (κ2) is 7.06. The number of ether oxygens (including phenoxy) is 1. The Balaban J connectivity index is 1.53. The summed E-state index contributed by atoms with van der Waals surface area (Å²) in [5, 5.41) is 9.52. The van der Waals surface area contributed by atoms with E-state index in [4.69, 9.17) is 4.74 Å². The van der Waals surface area contributed by atoms with E-state index in [2.05, 4.69) is 24.3 Å². The first-order valence-corrected chi connectivity index (χ1v) is 9.42. The topological polar surface area (TPSA) is 66.8 Å². The van der Waals surface area contributed by atoms with Gasteiger partial charge >= 0.3 is 12.1 Å². The molecule has 0 bridgehead atoms. The minimum Gasteiger partial charge on any atom is -0.480 e. The van der Waals surface area contributed by atoms with E-state index in [0.717, 1.165) is 24.0 Å². The van der Waals surface area contributed by atoms with Gasteiger partial charge in [-0.2, -0.15) is 0 Å². The number of carbonyl (C=O) groups excluding carboxylic acids is 1. The molecule has 0 unspecified atom stereocenters. The molecule has 1 heterocycles. The minimum absolute atomic E-state index is 0.0214. The van der Waals surface area contributed by atoms with Gasteiger partial charge < -0.3 is 9.84 Å². The molecule has 0 radical (unpaired) electrons. The van der Waals surface area contributed by atoms with Gasteiger partial charge in [-0.05, 0) is 41.0 Å². The highest BCUT2D eigenvalue weighted by Crippen LogP contribution is 2.44. The fourth-order valence-electron chi connectivity index (χ4n) is 4.45. The molecule has 1 fully saturated rings. The number of likely N-dealkylation sites (tertiary alicyclic amines) is 1. The molecule has 2 atom stereocenters. The van der Waals surface area contributed by atoms with E-state index in [1.54, 1.807) is 0 Å². The van der Waals surface area contributed by atoms with Crippen molar-refractivity contribution in [3.8, 4) is 11.1 Å². The lowest BCUT2D eigenvalue weighted by Crippen LogP contribution is -2.52. The Kier molecular flexibility index (Phi) is 4.60. The number of carboxylic acid groups (broad SMARTS) is 1. The molecule has 5 heteroatoms. The average Bonchev–Trinajstić information content (AvgIpc) is 2.99. The number of piperidine rings is 1. The van der Waals surface area contributed by atoms with Crippen LogP contribution in [0.4, 0.5) is 4.79 Å². The smallest absolute Gasteiger partial charge is 0.410 e. The van der Waals surface area contributed by atoms with Gasteiger partial charge in [0.05, 0.1) is 0 Å². The first-order valence-electron chi connectivity index (χ1n) is 9.42. The van der Waals surface area contributed by atoms with Crippen LogP contribution >= 0.6 is 0 Å². The predicted octanol–water partition coefficient (Wildman–Crippen LogP) is 4.12. The first-order chi connectivity index (χ1) is 13.1. The van der Waals surface area contributed by atoms with Gasteiger partial charge in [0.1, 0.15) is 12.6 Å². The molecule has 5 nitrogen and oxygen atoms in total. The van der Waals surface area contributed by atoms with Crippen molar-refractivity contribution in [3.63, 3.8) is 0 Å². The summed E-state index contributed by atoms with van der Waals surface area (Å²) in [6.45, 7) is 2.52. The SMILES string of the molecule is C[C@H]1CCCN(C(=O)OCC2c3ccccc3-c3ccccc32)[C@H]1C(=O)O. The molecule has 1 saturated heterocycles. The van der Waals surface area contributed by atoms with Gasteiger partial charge in [0.15, 0.2) is 0 Å². The number of benzene rings is 2. The summed E-state index contributed by atoms with van der Waals surface area (Å²) in [5.74, 6) is -1.06. The molecule has 1 aliphatic carbocycles.